The van der Waals surface area contributed by atoms with Gasteiger partial charge < -0.3 is 5.32 Å². The summed E-state index contributed by atoms with van der Waals surface area (Å²) in [6.07, 6.45) is 0. The van der Waals surface area contributed by atoms with Crippen molar-refractivity contribution in [3.63, 3.8) is 0 Å². The molecule has 0 aliphatic carbocycles. The molecule has 0 atom stereocenters. The van der Waals surface area contributed by atoms with Crippen LogP contribution in [0.4, 0.5) is 17.1 Å². The first kappa shape index (κ1) is 21.7. The Morgan fingerprint density at radius 2 is 1.67 bits per heavy atom. The fourth-order valence-electron chi connectivity index (χ4n) is 3.40. The van der Waals surface area contributed by atoms with Crippen molar-refractivity contribution in [3.05, 3.63) is 104 Å². The number of amides is 2. The third kappa shape index (κ3) is 4.05. The molecule has 3 aromatic carbocycles. The molecule has 8 nitrogen and oxygen atoms in total. The maximum Gasteiger partial charge on any atom is 0.282 e. The van der Waals surface area contributed by atoms with Crippen molar-refractivity contribution in [1.82, 2.24) is 0 Å². The lowest BCUT2D eigenvalue weighted by Gasteiger charge is -2.15. The number of nitro benzene ring substituents is 1. The third-order valence-electron chi connectivity index (χ3n) is 5.15. The predicted octanol–water partition coefficient (Wildman–Crippen LogP) is 4.82. The molecule has 0 saturated carbocycles. The number of carbonyl (C=O) groups is 2. The van der Waals surface area contributed by atoms with E-state index < -0.39 is 16.7 Å². The van der Waals surface area contributed by atoms with Crippen LogP contribution in [0, 0.1) is 28.4 Å². The van der Waals surface area contributed by atoms with Gasteiger partial charge in [-0.25, -0.2) is 4.90 Å². The Kier molecular flexibility index (Phi) is 5.65. The van der Waals surface area contributed by atoms with Gasteiger partial charge in [-0.1, -0.05) is 17.7 Å². The molecule has 4 rings (SSSR count). The smallest absolute Gasteiger partial charge is 0.282 e. The van der Waals surface area contributed by atoms with Crippen LogP contribution in [0.2, 0.25) is 5.02 Å². The molecule has 0 aromatic heterocycles. The summed E-state index contributed by atoms with van der Waals surface area (Å²) >= 11 is 6.21. The fourth-order valence-corrected chi connectivity index (χ4v) is 3.58. The van der Waals surface area contributed by atoms with Crippen molar-refractivity contribution >= 4 is 46.1 Å². The van der Waals surface area contributed by atoms with E-state index in [-0.39, 0.29) is 17.0 Å². The molecule has 0 saturated heterocycles. The van der Waals surface area contributed by atoms with Gasteiger partial charge in [0.05, 0.1) is 27.8 Å². The van der Waals surface area contributed by atoms with E-state index in [2.05, 4.69) is 5.32 Å². The first-order chi connectivity index (χ1) is 15.8. The molecule has 1 heterocycles. The van der Waals surface area contributed by atoms with Crippen LogP contribution in [0.5, 0.6) is 0 Å². The van der Waals surface area contributed by atoms with Crippen LogP contribution < -0.4 is 10.2 Å². The van der Waals surface area contributed by atoms with Crippen molar-refractivity contribution in [2.45, 2.75) is 6.92 Å². The van der Waals surface area contributed by atoms with Crippen molar-refractivity contribution in [2.75, 3.05) is 10.2 Å². The number of carbonyl (C=O) groups excluding carboxylic acids is 2. The number of nitro groups is 1. The van der Waals surface area contributed by atoms with Gasteiger partial charge in [-0.2, -0.15) is 5.26 Å². The van der Waals surface area contributed by atoms with Crippen molar-refractivity contribution < 1.29 is 14.5 Å². The third-order valence-corrected chi connectivity index (χ3v) is 5.55. The van der Waals surface area contributed by atoms with Crippen LogP contribution in [0.25, 0.3) is 5.57 Å². The fraction of sp³-hybridized carbons (Fsp3) is 0.0417. The second-order valence-corrected chi connectivity index (χ2v) is 7.65. The number of benzene rings is 3. The van der Waals surface area contributed by atoms with Crippen molar-refractivity contribution in [1.29, 1.82) is 5.26 Å². The topological polar surface area (TPSA) is 116 Å². The van der Waals surface area contributed by atoms with Gasteiger partial charge >= 0.3 is 0 Å². The highest BCUT2D eigenvalue weighted by atomic mass is 35.5. The predicted molar refractivity (Wildman–Crippen MR) is 123 cm³/mol. The zero-order chi connectivity index (χ0) is 23.7. The van der Waals surface area contributed by atoms with Gasteiger partial charge in [0.1, 0.15) is 5.70 Å². The molecule has 9 heteroatoms. The number of hydrogen-bond donors (Lipinski definition) is 1. The summed E-state index contributed by atoms with van der Waals surface area (Å²) in [6.45, 7) is 1.84. The summed E-state index contributed by atoms with van der Waals surface area (Å²) in [4.78, 5) is 38.2. The van der Waals surface area contributed by atoms with Gasteiger partial charge in [0, 0.05) is 22.8 Å². The molecule has 3 aromatic rings. The molecule has 1 N–H and O–H groups in total. The van der Waals surface area contributed by atoms with Crippen LogP contribution in [0.15, 0.2) is 72.4 Å². The summed E-state index contributed by atoms with van der Waals surface area (Å²) < 4.78 is 0. The van der Waals surface area contributed by atoms with Gasteiger partial charge in [0.15, 0.2) is 0 Å². The normalized spacial score (nSPS) is 13.3. The van der Waals surface area contributed by atoms with Crippen LogP contribution in [0.3, 0.4) is 0 Å². The molecule has 0 spiro atoms. The summed E-state index contributed by atoms with van der Waals surface area (Å²) in [5.41, 5.74) is 2.31. The Labute approximate surface area is 193 Å². The number of imide groups is 1. The first-order valence-electron chi connectivity index (χ1n) is 9.71. The second kappa shape index (κ2) is 8.57. The largest absolute Gasteiger partial charge is 0.350 e. The Morgan fingerprint density at radius 1 is 1.00 bits per heavy atom. The Balaban J connectivity index is 1.81. The minimum absolute atomic E-state index is 0.0122. The van der Waals surface area contributed by atoms with Gasteiger partial charge in [-0.3, -0.25) is 19.7 Å². The molecule has 2 amide bonds. The molecule has 0 bridgehead atoms. The van der Waals surface area contributed by atoms with Gasteiger partial charge in [-0.15, -0.1) is 0 Å². The zero-order valence-electron chi connectivity index (χ0n) is 17.2. The number of nitrogens with zero attached hydrogens (tertiary/aromatic N) is 3. The molecular formula is C24H15ClN4O4. The highest BCUT2D eigenvalue weighted by molar-refractivity contribution is 6.46. The van der Waals surface area contributed by atoms with E-state index in [0.29, 0.717) is 27.5 Å². The van der Waals surface area contributed by atoms with E-state index in [1.54, 1.807) is 18.2 Å². The lowest BCUT2D eigenvalue weighted by Crippen LogP contribution is -2.32. The van der Waals surface area contributed by atoms with Crippen molar-refractivity contribution in [3.8, 4) is 6.07 Å². The van der Waals surface area contributed by atoms with Gasteiger partial charge in [0.25, 0.3) is 17.5 Å². The van der Waals surface area contributed by atoms with E-state index in [1.165, 1.54) is 48.5 Å². The standard InChI is InChI=1S/C24H15ClN4O4/c1-14-2-7-17(12-20(14)25)27-22-21(16-5-10-19(11-6-16)29(32)33)23(30)28(24(22)31)18-8-3-15(13-26)4-9-18/h2-12,27H,1H3. The average molecular weight is 459 g/mol. The Bertz CT molecular complexity index is 1370. The summed E-state index contributed by atoms with van der Waals surface area (Å²) in [5.74, 6) is -1.20. The molecule has 33 heavy (non-hydrogen) atoms. The lowest BCUT2D eigenvalue weighted by atomic mass is 10.0. The number of nitrogens with one attached hydrogen (secondary N) is 1. The van der Waals surface area contributed by atoms with Gasteiger partial charge in [0.2, 0.25) is 0 Å². The van der Waals surface area contributed by atoms with Crippen LogP contribution >= 0.6 is 11.6 Å². The average Bonchev–Trinajstić information content (AvgIpc) is 3.05. The molecule has 0 fully saturated rings. The monoisotopic (exact) mass is 458 g/mol. The molecule has 0 radical (unpaired) electrons. The lowest BCUT2D eigenvalue weighted by molar-refractivity contribution is -0.384. The highest BCUT2D eigenvalue weighted by Gasteiger charge is 2.40. The number of halogens is 1. The Hall–Kier alpha value is -4.48. The SMILES string of the molecule is Cc1ccc(NC2=C(c3ccc([N+](=O)[O-])cc3)C(=O)N(c3ccc(C#N)cc3)C2=O)cc1Cl. The molecule has 1 aliphatic heterocycles. The van der Waals surface area contributed by atoms with Crippen LogP contribution in [-0.4, -0.2) is 16.7 Å². The molecular weight excluding hydrogens is 444 g/mol. The minimum atomic E-state index is -0.602. The number of nitriles is 1. The maximum absolute atomic E-state index is 13.4. The van der Waals surface area contributed by atoms with Crippen LogP contribution in [-0.2, 0) is 9.59 Å². The number of hydrogen-bond acceptors (Lipinski definition) is 6. The number of anilines is 2. The molecule has 1 aliphatic rings. The van der Waals surface area contributed by atoms with Crippen molar-refractivity contribution in [2.24, 2.45) is 0 Å². The first-order valence-corrected chi connectivity index (χ1v) is 10.1. The zero-order valence-corrected chi connectivity index (χ0v) is 18.0. The maximum atomic E-state index is 13.4. The number of non-ortho nitro benzene ring substituents is 1. The summed E-state index contributed by atoms with van der Waals surface area (Å²) in [6, 6.07) is 18.5. The van der Waals surface area contributed by atoms with Gasteiger partial charge in [-0.05, 0) is 66.6 Å². The van der Waals surface area contributed by atoms with E-state index in [0.717, 1.165) is 10.5 Å². The molecule has 162 valence electrons. The van der Waals surface area contributed by atoms with E-state index in [9.17, 15) is 19.7 Å². The molecule has 0 unspecified atom stereocenters. The number of aryl methyl sites for hydroxylation is 1. The summed E-state index contributed by atoms with van der Waals surface area (Å²) in [5, 5.41) is 23.5. The highest BCUT2D eigenvalue weighted by Crippen LogP contribution is 2.35. The van der Waals surface area contributed by atoms with E-state index in [1.807, 2.05) is 13.0 Å². The quantitative estimate of drug-likeness (QED) is 0.332. The number of rotatable bonds is 5. The summed E-state index contributed by atoms with van der Waals surface area (Å²) in [7, 11) is 0. The minimum Gasteiger partial charge on any atom is -0.350 e. The second-order valence-electron chi connectivity index (χ2n) is 7.25. The van der Waals surface area contributed by atoms with Crippen LogP contribution in [0.1, 0.15) is 16.7 Å². The van der Waals surface area contributed by atoms with E-state index in [4.69, 9.17) is 16.9 Å². The Morgan fingerprint density at radius 3 is 2.24 bits per heavy atom. The van der Waals surface area contributed by atoms with E-state index >= 15 is 0 Å².